The predicted octanol–water partition coefficient (Wildman–Crippen LogP) is 5.16. The van der Waals surface area contributed by atoms with E-state index in [2.05, 4.69) is 12.1 Å². The standard InChI is InChI=1S/C28H36N2O5/c1-28(2,3)35-26(31)29-15-11-21-18-23-9-7-14-30(24(23)19-22(21)12-16-29)27(32)34-17-13-20-8-5-6-10-25(20)33-4/h5-6,8,10,18-19H,7,9,11-17H2,1-4H3. The maximum absolute atomic E-state index is 13.0. The molecular weight excluding hydrogens is 444 g/mol. The van der Waals surface area contributed by atoms with E-state index in [4.69, 9.17) is 14.2 Å². The lowest BCUT2D eigenvalue weighted by Crippen LogP contribution is -2.38. The number of rotatable bonds is 4. The number of para-hydroxylation sites is 1. The SMILES string of the molecule is COc1ccccc1CCOC(=O)N1CCCc2cc3c(cc21)CCN(C(=O)OC(C)(C)C)CC3. The molecule has 4 rings (SSSR count). The van der Waals surface area contributed by atoms with Gasteiger partial charge in [0.15, 0.2) is 0 Å². The van der Waals surface area contributed by atoms with Crippen LogP contribution >= 0.6 is 0 Å². The molecule has 0 aromatic heterocycles. The summed E-state index contributed by atoms with van der Waals surface area (Å²) in [5.41, 5.74) is 5.04. The monoisotopic (exact) mass is 480 g/mol. The van der Waals surface area contributed by atoms with Crippen molar-refractivity contribution in [2.75, 3.05) is 38.3 Å². The van der Waals surface area contributed by atoms with Crippen LogP contribution in [0.1, 0.15) is 49.4 Å². The molecule has 35 heavy (non-hydrogen) atoms. The van der Waals surface area contributed by atoms with Crippen LogP contribution in [-0.2, 0) is 35.2 Å². The summed E-state index contributed by atoms with van der Waals surface area (Å²) in [7, 11) is 1.64. The van der Waals surface area contributed by atoms with E-state index in [0.29, 0.717) is 32.7 Å². The number of hydrogen-bond acceptors (Lipinski definition) is 5. The van der Waals surface area contributed by atoms with Crippen molar-refractivity contribution in [3.8, 4) is 5.75 Å². The molecule has 0 saturated carbocycles. The second-order valence-corrected chi connectivity index (χ2v) is 10.1. The van der Waals surface area contributed by atoms with Crippen LogP contribution in [0.25, 0.3) is 0 Å². The van der Waals surface area contributed by atoms with Crippen molar-refractivity contribution in [1.82, 2.24) is 4.90 Å². The molecule has 0 unspecified atom stereocenters. The number of hydrogen-bond donors (Lipinski definition) is 0. The number of carbonyl (C=O) groups is 2. The number of fused-ring (bicyclic) bond motifs is 2. The Balaban J connectivity index is 1.43. The Morgan fingerprint density at radius 1 is 0.914 bits per heavy atom. The van der Waals surface area contributed by atoms with Crippen LogP contribution in [0.4, 0.5) is 15.3 Å². The third-order valence-electron chi connectivity index (χ3n) is 6.48. The molecule has 0 saturated heterocycles. The van der Waals surface area contributed by atoms with E-state index >= 15 is 0 Å². The molecule has 2 aliphatic rings. The van der Waals surface area contributed by atoms with Crippen LogP contribution in [-0.4, -0.2) is 56.0 Å². The first kappa shape index (κ1) is 24.9. The largest absolute Gasteiger partial charge is 0.496 e. The number of nitrogens with zero attached hydrogens (tertiary/aromatic N) is 2. The zero-order chi connectivity index (χ0) is 25.0. The molecule has 188 valence electrons. The maximum Gasteiger partial charge on any atom is 0.414 e. The van der Waals surface area contributed by atoms with Gasteiger partial charge in [-0.15, -0.1) is 0 Å². The highest BCUT2D eigenvalue weighted by molar-refractivity contribution is 5.89. The number of benzene rings is 2. The van der Waals surface area contributed by atoms with E-state index in [9.17, 15) is 9.59 Å². The molecule has 2 aliphatic heterocycles. The highest BCUT2D eigenvalue weighted by Gasteiger charge is 2.28. The Hall–Kier alpha value is -3.22. The van der Waals surface area contributed by atoms with E-state index in [1.54, 1.807) is 16.9 Å². The lowest BCUT2D eigenvalue weighted by Gasteiger charge is -2.30. The van der Waals surface area contributed by atoms with Crippen molar-refractivity contribution in [3.63, 3.8) is 0 Å². The van der Waals surface area contributed by atoms with E-state index in [1.807, 2.05) is 45.0 Å². The summed E-state index contributed by atoms with van der Waals surface area (Å²) in [6.45, 7) is 7.82. The van der Waals surface area contributed by atoms with Crippen LogP contribution in [0.5, 0.6) is 5.75 Å². The molecule has 2 aromatic rings. The topological polar surface area (TPSA) is 68.3 Å². The molecule has 0 atom stereocenters. The van der Waals surface area contributed by atoms with Gasteiger partial charge < -0.3 is 19.1 Å². The van der Waals surface area contributed by atoms with Crippen molar-refractivity contribution in [1.29, 1.82) is 0 Å². The molecule has 2 heterocycles. The summed E-state index contributed by atoms with van der Waals surface area (Å²) < 4.78 is 16.6. The van der Waals surface area contributed by atoms with Gasteiger partial charge >= 0.3 is 12.2 Å². The first-order chi connectivity index (χ1) is 16.7. The average Bonchev–Trinajstić information content (AvgIpc) is 3.03. The van der Waals surface area contributed by atoms with Gasteiger partial charge in [0.05, 0.1) is 19.4 Å². The van der Waals surface area contributed by atoms with Gasteiger partial charge in [0.1, 0.15) is 11.4 Å². The highest BCUT2D eigenvalue weighted by Crippen LogP contribution is 2.32. The fourth-order valence-corrected chi connectivity index (χ4v) is 4.75. The first-order valence-electron chi connectivity index (χ1n) is 12.4. The van der Waals surface area contributed by atoms with Gasteiger partial charge in [-0.2, -0.15) is 0 Å². The van der Waals surface area contributed by atoms with Crippen molar-refractivity contribution in [3.05, 3.63) is 58.7 Å². The molecule has 0 fully saturated rings. The molecule has 0 N–H and O–H groups in total. The summed E-state index contributed by atoms with van der Waals surface area (Å²) in [6.07, 6.45) is 3.37. The van der Waals surface area contributed by atoms with Crippen LogP contribution in [0.3, 0.4) is 0 Å². The van der Waals surface area contributed by atoms with Gasteiger partial charge in [-0.25, -0.2) is 9.59 Å². The lowest BCUT2D eigenvalue weighted by atomic mass is 9.93. The average molecular weight is 481 g/mol. The van der Waals surface area contributed by atoms with Crippen molar-refractivity contribution in [2.45, 2.75) is 58.5 Å². The van der Waals surface area contributed by atoms with Crippen LogP contribution in [0.2, 0.25) is 0 Å². The summed E-state index contributed by atoms with van der Waals surface area (Å²) in [4.78, 5) is 29.2. The van der Waals surface area contributed by atoms with E-state index in [-0.39, 0.29) is 12.2 Å². The normalized spacial score (nSPS) is 15.5. The molecule has 7 heteroatoms. The Bertz CT molecular complexity index is 1080. The lowest BCUT2D eigenvalue weighted by molar-refractivity contribution is 0.0258. The second-order valence-electron chi connectivity index (χ2n) is 10.1. The number of aryl methyl sites for hydroxylation is 1. The van der Waals surface area contributed by atoms with E-state index in [0.717, 1.165) is 42.7 Å². The molecule has 0 bridgehead atoms. The Morgan fingerprint density at radius 3 is 2.34 bits per heavy atom. The Labute approximate surface area is 207 Å². The van der Waals surface area contributed by atoms with E-state index < -0.39 is 5.60 Å². The smallest absolute Gasteiger partial charge is 0.414 e. The second kappa shape index (κ2) is 10.6. The summed E-state index contributed by atoms with van der Waals surface area (Å²) >= 11 is 0. The Morgan fingerprint density at radius 2 is 1.63 bits per heavy atom. The summed E-state index contributed by atoms with van der Waals surface area (Å²) in [6, 6.07) is 12.1. The number of amides is 2. The molecule has 2 aromatic carbocycles. The molecule has 0 aliphatic carbocycles. The van der Waals surface area contributed by atoms with Gasteiger partial charge in [-0.3, -0.25) is 4.90 Å². The van der Waals surface area contributed by atoms with Crippen LogP contribution < -0.4 is 9.64 Å². The maximum atomic E-state index is 13.0. The minimum absolute atomic E-state index is 0.268. The number of anilines is 1. The molecule has 7 nitrogen and oxygen atoms in total. The zero-order valence-corrected chi connectivity index (χ0v) is 21.3. The minimum atomic E-state index is -0.512. The third-order valence-corrected chi connectivity index (χ3v) is 6.48. The van der Waals surface area contributed by atoms with Crippen LogP contribution in [0.15, 0.2) is 36.4 Å². The van der Waals surface area contributed by atoms with Crippen molar-refractivity contribution < 1.29 is 23.8 Å². The third kappa shape index (κ3) is 6.08. The van der Waals surface area contributed by atoms with E-state index in [1.165, 1.54) is 16.7 Å². The number of ether oxygens (including phenoxy) is 3. The van der Waals surface area contributed by atoms with Gasteiger partial charge in [0, 0.05) is 26.1 Å². The quantitative estimate of drug-likeness (QED) is 0.604. The minimum Gasteiger partial charge on any atom is -0.496 e. The Kier molecular flexibility index (Phi) is 7.53. The van der Waals surface area contributed by atoms with Gasteiger partial charge in [0.2, 0.25) is 0 Å². The van der Waals surface area contributed by atoms with Gasteiger partial charge in [-0.05, 0) is 80.8 Å². The highest BCUT2D eigenvalue weighted by atomic mass is 16.6. The fourth-order valence-electron chi connectivity index (χ4n) is 4.75. The zero-order valence-electron chi connectivity index (χ0n) is 21.3. The van der Waals surface area contributed by atoms with Gasteiger partial charge in [0.25, 0.3) is 0 Å². The van der Waals surface area contributed by atoms with Crippen molar-refractivity contribution in [2.24, 2.45) is 0 Å². The summed E-state index contributed by atoms with van der Waals surface area (Å²) in [5, 5.41) is 0. The molecular formula is C28H36N2O5. The predicted molar refractivity (Wildman–Crippen MR) is 135 cm³/mol. The van der Waals surface area contributed by atoms with Crippen LogP contribution in [0, 0.1) is 0 Å². The molecule has 0 spiro atoms. The summed E-state index contributed by atoms with van der Waals surface area (Å²) in [5.74, 6) is 0.801. The van der Waals surface area contributed by atoms with Gasteiger partial charge in [-0.1, -0.05) is 24.3 Å². The van der Waals surface area contributed by atoms with Crippen molar-refractivity contribution >= 4 is 17.9 Å². The first-order valence-corrected chi connectivity index (χ1v) is 12.4. The number of carbonyl (C=O) groups excluding carboxylic acids is 2. The molecule has 0 radical (unpaired) electrons. The fraction of sp³-hybridized carbons (Fsp3) is 0.500. The number of methoxy groups -OCH3 is 1. The molecule has 2 amide bonds.